The summed E-state index contributed by atoms with van der Waals surface area (Å²) in [5.41, 5.74) is -0.657. The Morgan fingerprint density at radius 3 is 2.63 bits per heavy atom. The molecule has 19 heavy (non-hydrogen) atoms. The Hall–Kier alpha value is -0.610. The molecule has 1 aliphatic carbocycles. The van der Waals surface area contributed by atoms with Crippen LogP contribution in [0, 0.1) is 11.8 Å². The summed E-state index contributed by atoms with van der Waals surface area (Å²) in [6.45, 7) is 4.63. The highest BCUT2D eigenvalue weighted by Crippen LogP contribution is 2.33. The van der Waals surface area contributed by atoms with Gasteiger partial charge < -0.3 is 15.7 Å². The molecule has 1 unspecified atom stereocenters. The quantitative estimate of drug-likeness (QED) is 0.707. The van der Waals surface area contributed by atoms with E-state index in [1.807, 2.05) is 0 Å². The molecule has 2 rings (SSSR count). The Balaban J connectivity index is 1.67. The lowest BCUT2D eigenvalue weighted by atomic mass is 9.78. The molecule has 1 heterocycles. The van der Waals surface area contributed by atoms with Crippen LogP contribution in [0.4, 0.5) is 0 Å². The van der Waals surface area contributed by atoms with Crippen LogP contribution in [-0.4, -0.2) is 36.2 Å². The van der Waals surface area contributed by atoms with E-state index in [4.69, 9.17) is 0 Å². The van der Waals surface area contributed by atoms with E-state index >= 15 is 0 Å². The van der Waals surface area contributed by atoms with Crippen LogP contribution in [0.5, 0.6) is 0 Å². The molecule has 4 nitrogen and oxygen atoms in total. The molecule has 3 N–H and O–H groups in total. The zero-order valence-corrected chi connectivity index (χ0v) is 12.1. The van der Waals surface area contributed by atoms with Crippen molar-refractivity contribution in [1.82, 2.24) is 10.6 Å². The zero-order chi connectivity index (χ0) is 13.7. The van der Waals surface area contributed by atoms with Crippen LogP contribution in [0.25, 0.3) is 0 Å². The van der Waals surface area contributed by atoms with Gasteiger partial charge in [0.05, 0.1) is 5.60 Å². The smallest absolute Gasteiger partial charge is 0.220 e. The van der Waals surface area contributed by atoms with Crippen LogP contribution in [0.3, 0.4) is 0 Å². The maximum absolute atomic E-state index is 11.9. The van der Waals surface area contributed by atoms with Gasteiger partial charge in [0.15, 0.2) is 0 Å². The van der Waals surface area contributed by atoms with Gasteiger partial charge in [-0.3, -0.25) is 4.79 Å². The molecule has 2 aliphatic rings. The SMILES string of the molecule is CCC1CCC(O)(CNC(=O)CC2CCNC2)CC1. The first kappa shape index (κ1) is 14.8. The largest absolute Gasteiger partial charge is 0.388 e. The lowest BCUT2D eigenvalue weighted by Gasteiger charge is -2.35. The van der Waals surface area contributed by atoms with E-state index < -0.39 is 5.60 Å². The van der Waals surface area contributed by atoms with Crippen molar-refractivity contribution >= 4 is 5.91 Å². The standard InChI is InChI=1S/C15H28N2O2/c1-2-12-3-6-15(19,7-4-12)11-17-14(18)9-13-5-8-16-10-13/h12-13,16,19H,2-11H2,1H3,(H,17,18). The lowest BCUT2D eigenvalue weighted by Crippen LogP contribution is -2.45. The number of nitrogens with one attached hydrogen (secondary N) is 2. The molecule has 1 saturated carbocycles. The molecule has 1 saturated heterocycles. The Morgan fingerprint density at radius 1 is 1.32 bits per heavy atom. The summed E-state index contributed by atoms with van der Waals surface area (Å²) in [5.74, 6) is 1.34. The molecular formula is C15H28N2O2. The molecule has 2 fully saturated rings. The fourth-order valence-corrected chi connectivity index (χ4v) is 3.29. The molecule has 1 atom stereocenters. The minimum absolute atomic E-state index is 0.0970. The number of hydrogen-bond acceptors (Lipinski definition) is 3. The van der Waals surface area contributed by atoms with Gasteiger partial charge in [0.1, 0.15) is 0 Å². The maximum atomic E-state index is 11.9. The number of hydrogen-bond donors (Lipinski definition) is 3. The molecule has 1 amide bonds. The predicted molar refractivity (Wildman–Crippen MR) is 75.8 cm³/mol. The summed E-state index contributed by atoms with van der Waals surface area (Å²) in [7, 11) is 0. The molecule has 0 bridgehead atoms. The molecular weight excluding hydrogens is 240 g/mol. The summed E-state index contributed by atoms with van der Waals surface area (Å²) >= 11 is 0. The normalized spacial score (nSPS) is 35.3. The minimum atomic E-state index is -0.657. The summed E-state index contributed by atoms with van der Waals surface area (Å²) in [4.78, 5) is 11.9. The second-order valence-electron chi connectivity index (χ2n) is 6.42. The third-order valence-electron chi connectivity index (χ3n) is 4.86. The molecule has 0 aromatic carbocycles. The number of carbonyl (C=O) groups is 1. The molecule has 0 aromatic rings. The third kappa shape index (κ3) is 4.46. The van der Waals surface area contributed by atoms with Gasteiger partial charge in [-0.1, -0.05) is 13.3 Å². The summed E-state index contributed by atoms with van der Waals surface area (Å²) in [6, 6.07) is 0. The van der Waals surface area contributed by atoms with Gasteiger partial charge in [0, 0.05) is 13.0 Å². The van der Waals surface area contributed by atoms with Gasteiger partial charge in [-0.05, 0) is 57.0 Å². The highest BCUT2D eigenvalue weighted by atomic mass is 16.3. The van der Waals surface area contributed by atoms with E-state index in [-0.39, 0.29) is 5.91 Å². The second-order valence-corrected chi connectivity index (χ2v) is 6.42. The Bertz CT molecular complexity index is 293. The van der Waals surface area contributed by atoms with Crippen molar-refractivity contribution in [2.45, 2.75) is 57.5 Å². The number of aliphatic hydroxyl groups is 1. The zero-order valence-electron chi connectivity index (χ0n) is 12.1. The average Bonchev–Trinajstić information content (AvgIpc) is 2.90. The van der Waals surface area contributed by atoms with Crippen LogP contribution in [0.1, 0.15) is 51.9 Å². The Morgan fingerprint density at radius 2 is 2.05 bits per heavy atom. The van der Waals surface area contributed by atoms with Gasteiger partial charge in [0.25, 0.3) is 0 Å². The minimum Gasteiger partial charge on any atom is -0.388 e. The van der Waals surface area contributed by atoms with Crippen molar-refractivity contribution in [2.75, 3.05) is 19.6 Å². The van der Waals surface area contributed by atoms with Crippen LogP contribution >= 0.6 is 0 Å². The number of rotatable bonds is 5. The molecule has 1 aliphatic heterocycles. The van der Waals surface area contributed by atoms with Gasteiger partial charge >= 0.3 is 0 Å². The summed E-state index contributed by atoms with van der Waals surface area (Å²) in [5, 5.41) is 16.7. The Labute approximate surface area is 116 Å². The highest BCUT2D eigenvalue weighted by Gasteiger charge is 2.33. The molecule has 4 heteroatoms. The Kier molecular flexibility index (Phi) is 5.22. The summed E-state index contributed by atoms with van der Waals surface area (Å²) in [6.07, 6.45) is 6.74. The predicted octanol–water partition coefficient (Wildman–Crippen LogP) is 1.43. The summed E-state index contributed by atoms with van der Waals surface area (Å²) < 4.78 is 0. The van der Waals surface area contributed by atoms with Crippen molar-refractivity contribution in [1.29, 1.82) is 0 Å². The second kappa shape index (κ2) is 6.71. The van der Waals surface area contributed by atoms with Gasteiger partial charge in [-0.15, -0.1) is 0 Å². The van der Waals surface area contributed by atoms with Crippen LogP contribution in [0.15, 0.2) is 0 Å². The lowest BCUT2D eigenvalue weighted by molar-refractivity contribution is -0.123. The van der Waals surface area contributed by atoms with E-state index in [1.54, 1.807) is 0 Å². The van der Waals surface area contributed by atoms with E-state index in [1.165, 1.54) is 6.42 Å². The molecule has 0 aromatic heterocycles. The van der Waals surface area contributed by atoms with Gasteiger partial charge in [-0.2, -0.15) is 0 Å². The first-order valence-corrected chi connectivity index (χ1v) is 7.81. The van der Waals surface area contributed by atoms with E-state index in [9.17, 15) is 9.90 Å². The van der Waals surface area contributed by atoms with Crippen molar-refractivity contribution in [3.63, 3.8) is 0 Å². The van der Waals surface area contributed by atoms with Crippen molar-refractivity contribution < 1.29 is 9.90 Å². The van der Waals surface area contributed by atoms with Crippen LogP contribution in [-0.2, 0) is 4.79 Å². The first-order valence-electron chi connectivity index (χ1n) is 7.81. The van der Waals surface area contributed by atoms with Gasteiger partial charge in [-0.25, -0.2) is 0 Å². The third-order valence-corrected chi connectivity index (χ3v) is 4.86. The van der Waals surface area contributed by atoms with Crippen molar-refractivity contribution in [3.05, 3.63) is 0 Å². The first-order chi connectivity index (χ1) is 9.11. The number of amides is 1. The monoisotopic (exact) mass is 268 g/mol. The van der Waals surface area contributed by atoms with E-state index in [0.717, 1.165) is 51.1 Å². The van der Waals surface area contributed by atoms with Crippen LogP contribution in [0.2, 0.25) is 0 Å². The number of carbonyl (C=O) groups excluding carboxylic acids is 1. The van der Waals surface area contributed by atoms with Crippen LogP contribution < -0.4 is 10.6 Å². The topological polar surface area (TPSA) is 61.4 Å². The fourth-order valence-electron chi connectivity index (χ4n) is 3.29. The van der Waals surface area contributed by atoms with E-state index in [2.05, 4.69) is 17.6 Å². The average molecular weight is 268 g/mol. The van der Waals surface area contributed by atoms with Crippen molar-refractivity contribution in [3.8, 4) is 0 Å². The highest BCUT2D eigenvalue weighted by molar-refractivity contribution is 5.76. The van der Waals surface area contributed by atoms with E-state index in [0.29, 0.717) is 18.9 Å². The maximum Gasteiger partial charge on any atom is 0.220 e. The molecule has 0 spiro atoms. The van der Waals surface area contributed by atoms with Gasteiger partial charge in [0.2, 0.25) is 5.91 Å². The fraction of sp³-hybridized carbons (Fsp3) is 0.933. The van der Waals surface area contributed by atoms with Crippen molar-refractivity contribution in [2.24, 2.45) is 11.8 Å². The molecule has 0 radical (unpaired) electrons. The molecule has 110 valence electrons.